The molecule has 0 saturated carbocycles. The quantitative estimate of drug-likeness (QED) is 0.656. The molecule has 3 N–H and O–H groups in total. The maximum Gasteiger partial charge on any atom is 0.320 e. The molecule has 5 rings (SSSR count). The van der Waals surface area contributed by atoms with Gasteiger partial charge in [0.15, 0.2) is 11.5 Å². The van der Waals surface area contributed by atoms with Crippen molar-refractivity contribution in [2.45, 2.75) is 51.9 Å². The second-order valence-corrected chi connectivity index (χ2v) is 10.0. The highest BCUT2D eigenvalue weighted by atomic mass is 16.2. The summed E-state index contributed by atoms with van der Waals surface area (Å²) >= 11 is 0. The number of nitrogens with zero attached hydrogens (tertiary/aromatic N) is 6. The first-order chi connectivity index (χ1) is 16.8. The van der Waals surface area contributed by atoms with Gasteiger partial charge in [0.25, 0.3) is 5.91 Å². The fourth-order valence-corrected chi connectivity index (χ4v) is 5.22. The zero-order chi connectivity index (χ0) is 24.7. The van der Waals surface area contributed by atoms with Crippen molar-refractivity contribution in [3.05, 3.63) is 41.2 Å². The van der Waals surface area contributed by atoms with Crippen LogP contribution in [-0.2, 0) is 13.1 Å². The van der Waals surface area contributed by atoms with Crippen molar-refractivity contribution in [3.8, 4) is 0 Å². The van der Waals surface area contributed by atoms with Crippen LogP contribution in [-0.4, -0.2) is 81.9 Å². The van der Waals surface area contributed by atoms with Gasteiger partial charge in [-0.15, -0.1) is 0 Å². The smallest absolute Gasteiger partial charge is 0.320 e. The summed E-state index contributed by atoms with van der Waals surface area (Å²) < 4.78 is 0. The Morgan fingerprint density at radius 3 is 2.69 bits per heavy atom. The zero-order valence-corrected chi connectivity index (χ0v) is 20.7. The number of aromatic nitrogens is 2. The molecule has 3 aliphatic heterocycles. The maximum absolute atomic E-state index is 12.5. The number of likely N-dealkylation sites (N-methyl/N-ethyl adjacent to an activating group) is 1. The lowest BCUT2D eigenvalue weighted by molar-refractivity contribution is 0.0996. The van der Waals surface area contributed by atoms with Crippen LogP contribution in [0.3, 0.4) is 0 Å². The van der Waals surface area contributed by atoms with E-state index in [9.17, 15) is 9.59 Å². The summed E-state index contributed by atoms with van der Waals surface area (Å²) in [4.78, 5) is 42.0. The van der Waals surface area contributed by atoms with Gasteiger partial charge in [0.05, 0.1) is 12.2 Å². The van der Waals surface area contributed by atoms with Gasteiger partial charge in [0, 0.05) is 58.0 Å². The molecule has 10 nitrogen and oxygen atoms in total. The minimum atomic E-state index is -0.624. The second kappa shape index (κ2) is 9.33. The Bertz CT molecular complexity index is 1140. The van der Waals surface area contributed by atoms with Crippen molar-refractivity contribution in [2.75, 3.05) is 43.4 Å². The highest BCUT2D eigenvalue weighted by Gasteiger charge is 2.34. The Kier molecular flexibility index (Phi) is 6.22. The Morgan fingerprint density at radius 2 is 1.97 bits per heavy atom. The van der Waals surface area contributed by atoms with E-state index in [1.165, 1.54) is 11.1 Å². The van der Waals surface area contributed by atoms with Gasteiger partial charge in [-0.05, 0) is 49.9 Å². The Balaban J connectivity index is 1.37. The van der Waals surface area contributed by atoms with Gasteiger partial charge in [-0.1, -0.05) is 6.07 Å². The van der Waals surface area contributed by atoms with Crippen molar-refractivity contribution in [3.63, 3.8) is 0 Å². The minimum absolute atomic E-state index is 0.0852. The molecule has 1 atom stereocenters. The molecule has 2 fully saturated rings. The molecule has 0 radical (unpaired) electrons. The number of piperidine rings is 1. The molecule has 0 spiro atoms. The predicted molar refractivity (Wildman–Crippen MR) is 135 cm³/mol. The summed E-state index contributed by atoms with van der Waals surface area (Å²) in [5.41, 5.74) is 9.18. The number of nitrogens with two attached hydrogens (primary N) is 1. The largest absolute Gasteiger partial charge is 0.364 e. The molecule has 3 amide bonds. The number of benzene rings is 1. The number of anilines is 3. The van der Waals surface area contributed by atoms with Gasteiger partial charge in [-0.2, -0.15) is 0 Å². The summed E-state index contributed by atoms with van der Waals surface area (Å²) in [6.45, 7) is 9.27. The zero-order valence-electron chi connectivity index (χ0n) is 20.7. The Morgan fingerprint density at radius 1 is 1.17 bits per heavy atom. The molecule has 4 heterocycles. The SMILES string of the molecule is CC(C)N1Cc2ccc(Nc3nc(N4CCC[C@@H](N5CCN(C)C5=O)C4)cnc3C(N)=O)cc2C1. The lowest BCUT2D eigenvalue weighted by atomic mass is 10.0. The molecule has 2 saturated heterocycles. The van der Waals surface area contributed by atoms with E-state index in [0.717, 1.165) is 51.3 Å². The fraction of sp³-hybridized carbons (Fsp3) is 0.520. The number of rotatable bonds is 6. The van der Waals surface area contributed by atoms with Crippen LogP contribution >= 0.6 is 0 Å². The van der Waals surface area contributed by atoms with Gasteiger partial charge in [0.1, 0.15) is 5.82 Å². The van der Waals surface area contributed by atoms with Crippen LogP contribution in [0.15, 0.2) is 24.4 Å². The van der Waals surface area contributed by atoms with E-state index >= 15 is 0 Å². The van der Waals surface area contributed by atoms with Crippen LogP contribution < -0.4 is 16.0 Å². The summed E-state index contributed by atoms with van der Waals surface area (Å²) in [6.07, 6.45) is 3.53. The van der Waals surface area contributed by atoms with Crippen molar-refractivity contribution in [1.82, 2.24) is 24.7 Å². The molecular weight excluding hydrogens is 444 g/mol. The van der Waals surface area contributed by atoms with E-state index < -0.39 is 5.91 Å². The monoisotopic (exact) mass is 478 g/mol. The van der Waals surface area contributed by atoms with E-state index in [1.54, 1.807) is 11.1 Å². The van der Waals surface area contributed by atoms with Crippen molar-refractivity contribution in [1.29, 1.82) is 0 Å². The van der Waals surface area contributed by atoms with Crippen LogP contribution in [0.2, 0.25) is 0 Å². The molecule has 186 valence electrons. The van der Waals surface area contributed by atoms with Gasteiger partial charge < -0.3 is 25.8 Å². The molecule has 0 aliphatic carbocycles. The maximum atomic E-state index is 12.5. The van der Waals surface area contributed by atoms with Gasteiger partial charge in [-0.3, -0.25) is 9.69 Å². The molecule has 0 bridgehead atoms. The molecule has 1 aromatic heterocycles. The average molecular weight is 479 g/mol. The predicted octanol–water partition coefficient (Wildman–Crippen LogP) is 2.38. The summed E-state index contributed by atoms with van der Waals surface area (Å²) in [7, 11) is 1.84. The number of urea groups is 1. The number of carbonyl (C=O) groups excluding carboxylic acids is 2. The standard InChI is InChI=1S/C25H34N8O2/c1-16(2)32-13-17-6-7-19(11-18(17)14-32)28-24-22(23(26)34)27-12-21(29-24)31-8-4-5-20(15-31)33-10-9-30(3)25(33)35/h6-7,11-12,16,20H,4-5,8-10,13-15H2,1-3H3,(H2,26,34)(H,28,29)/t20-/m1/s1. The number of hydrogen-bond donors (Lipinski definition) is 2. The third-order valence-corrected chi connectivity index (χ3v) is 7.35. The number of hydrogen-bond acceptors (Lipinski definition) is 7. The average Bonchev–Trinajstić information content (AvgIpc) is 3.42. The fourth-order valence-electron chi connectivity index (χ4n) is 5.22. The molecule has 35 heavy (non-hydrogen) atoms. The lowest BCUT2D eigenvalue weighted by Gasteiger charge is -2.37. The molecule has 0 unspecified atom stereocenters. The van der Waals surface area contributed by atoms with Gasteiger partial charge >= 0.3 is 6.03 Å². The summed E-state index contributed by atoms with van der Waals surface area (Å²) in [6, 6.07) is 6.95. The second-order valence-electron chi connectivity index (χ2n) is 10.0. The normalized spacial score (nSPS) is 20.6. The summed E-state index contributed by atoms with van der Waals surface area (Å²) in [5.74, 6) is 0.406. The van der Waals surface area contributed by atoms with E-state index in [1.807, 2.05) is 18.0 Å². The Hall–Kier alpha value is -3.40. The van der Waals surface area contributed by atoms with Crippen LogP contribution in [0.4, 0.5) is 22.1 Å². The first-order valence-electron chi connectivity index (χ1n) is 12.4. The van der Waals surface area contributed by atoms with E-state index in [-0.39, 0.29) is 17.8 Å². The molecule has 10 heteroatoms. The van der Waals surface area contributed by atoms with Gasteiger partial charge in [0.2, 0.25) is 0 Å². The first kappa shape index (κ1) is 23.3. The minimum Gasteiger partial charge on any atom is -0.364 e. The molecule has 2 aromatic rings. The number of primary amides is 1. The first-order valence-corrected chi connectivity index (χ1v) is 12.4. The lowest BCUT2D eigenvalue weighted by Crippen LogP contribution is -2.49. The van der Waals surface area contributed by atoms with Crippen LogP contribution in [0.1, 0.15) is 48.3 Å². The number of fused-ring (bicyclic) bond motifs is 1. The van der Waals surface area contributed by atoms with Crippen molar-refractivity contribution in [2.24, 2.45) is 5.73 Å². The van der Waals surface area contributed by atoms with Crippen LogP contribution in [0, 0.1) is 0 Å². The van der Waals surface area contributed by atoms with Crippen molar-refractivity contribution < 1.29 is 9.59 Å². The molecule has 3 aliphatic rings. The highest BCUT2D eigenvalue weighted by molar-refractivity contribution is 5.96. The summed E-state index contributed by atoms with van der Waals surface area (Å²) in [5, 5.41) is 3.30. The van der Waals surface area contributed by atoms with E-state index in [4.69, 9.17) is 10.7 Å². The third-order valence-electron chi connectivity index (χ3n) is 7.35. The molecular formula is C25H34N8O2. The topological polar surface area (TPSA) is 111 Å². The van der Waals surface area contributed by atoms with Crippen molar-refractivity contribution >= 4 is 29.3 Å². The van der Waals surface area contributed by atoms with Gasteiger partial charge in [-0.25, -0.2) is 14.8 Å². The highest BCUT2D eigenvalue weighted by Crippen LogP contribution is 2.30. The number of amides is 3. The third kappa shape index (κ3) is 4.62. The molecule has 1 aromatic carbocycles. The number of nitrogens with one attached hydrogen (secondary N) is 1. The van der Waals surface area contributed by atoms with E-state index in [0.29, 0.717) is 24.2 Å². The Labute approximate surface area is 206 Å². The van der Waals surface area contributed by atoms with Crippen LogP contribution in [0.5, 0.6) is 0 Å². The van der Waals surface area contributed by atoms with Crippen LogP contribution in [0.25, 0.3) is 0 Å². The van der Waals surface area contributed by atoms with E-state index in [2.05, 4.69) is 46.1 Å². The number of carbonyl (C=O) groups is 2.